The lowest BCUT2D eigenvalue weighted by Crippen LogP contribution is -2.04. The van der Waals surface area contributed by atoms with Gasteiger partial charge in [-0.05, 0) is 24.3 Å². The van der Waals surface area contributed by atoms with Crippen LogP contribution >= 0.6 is 46.2 Å². The monoisotopic (exact) mass is 799 g/mol. The van der Waals surface area contributed by atoms with E-state index in [2.05, 4.69) is 55.5 Å². The van der Waals surface area contributed by atoms with E-state index in [0.717, 1.165) is 19.0 Å². The van der Waals surface area contributed by atoms with Crippen LogP contribution in [0.1, 0.15) is 39.6 Å². The SMILES string of the molecule is CO.COC(=O)c1ccc(CN)nc1.Cl.Cl.F.FF.FF.O=S(Cl)Cl.[2HH].[C-]#[N+]c1ccc(C(=O)O)cn1.[C-]#[N+]c1ccc(C(=O)OC)cn1.[HH]. The Morgan fingerprint density at radius 3 is 1.35 bits per heavy atom. The van der Waals surface area contributed by atoms with E-state index in [-0.39, 0.29) is 55.5 Å². The van der Waals surface area contributed by atoms with Crippen molar-refractivity contribution >= 4 is 84.9 Å². The van der Waals surface area contributed by atoms with Crippen LogP contribution in [0.4, 0.5) is 34.6 Å². The van der Waals surface area contributed by atoms with Crippen LogP contribution in [0, 0.1) is 13.1 Å². The second-order valence-corrected chi connectivity index (χ2v) is 8.77. The molecule has 3 aromatic rings. The van der Waals surface area contributed by atoms with E-state index >= 15 is 0 Å². The van der Waals surface area contributed by atoms with Crippen molar-refractivity contribution in [3.05, 3.63) is 100 Å². The normalized spacial score (nSPS) is 7.62. The zero-order valence-corrected chi connectivity index (χ0v) is 28.4. The smallest absolute Gasteiger partial charge is 0.341 e. The van der Waals surface area contributed by atoms with Gasteiger partial charge in [-0.15, -0.1) is 34.8 Å². The highest BCUT2D eigenvalue weighted by Gasteiger charge is 2.06. The molecule has 14 nitrogen and oxygen atoms in total. The molecule has 0 spiro atoms. The van der Waals surface area contributed by atoms with Crippen LogP contribution < -0.4 is 5.73 Å². The fourth-order valence-corrected chi connectivity index (χ4v) is 2.05. The van der Waals surface area contributed by atoms with Crippen LogP contribution in [0.15, 0.2) is 55.0 Å². The maximum Gasteiger partial charge on any atom is 0.341 e. The van der Waals surface area contributed by atoms with Gasteiger partial charge >= 0.3 is 17.9 Å². The summed E-state index contributed by atoms with van der Waals surface area (Å²) in [5.74, 6) is -1.39. The number of halogens is 9. The summed E-state index contributed by atoms with van der Waals surface area (Å²) >= 11 is 0. The summed E-state index contributed by atoms with van der Waals surface area (Å²) in [5, 5.41) is 15.4. The fourth-order valence-electron chi connectivity index (χ4n) is 2.05. The summed E-state index contributed by atoms with van der Waals surface area (Å²) in [7, 11) is 11.0. The lowest BCUT2D eigenvalue weighted by Gasteiger charge is -1.98. The highest BCUT2D eigenvalue weighted by atomic mass is 36.0. The number of nitrogens with two attached hydrogens (primary N) is 1. The van der Waals surface area contributed by atoms with Gasteiger partial charge in [0.1, 0.15) is 18.0 Å². The first-order valence-corrected chi connectivity index (χ1v) is 13.5. The predicted octanol–water partition coefficient (Wildman–Crippen LogP) is 6.90. The van der Waals surface area contributed by atoms with Gasteiger partial charge in [0.05, 0.1) is 31.0 Å². The summed E-state index contributed by atoms with van der Waals surface area (Å²) in [5.41, 5.74) is 6.97. The number of carboxylic acids is 1. The van der Waals surface area contributed by atoms with Gasteiger partial charge in [-0.1, -0.05) is 25.3 Å². The molecule has 3 aromatic heterocycles. The molecule has 3 rings (SSSR count). The molecule has 4 N–H and O–H groups in total. The molecule has 0 unspecified atom stereocenters. The lowest BCUT2D eigenvalue weighted by molar-refractivity contribution is 0.0591. The number of aliphatic hydroxyl groups is 1. The van der Waals surface area contributed by atoms with Crippen LogP contribution in [0.2, 0.25) is 0 Å². The number of carbonyl (C=O) groups is 3. The molecule has 0 amide bonds. The van der Waals surface area contributed by atoms with E-state index in [0.29, 0.717) is 17.7 Å². The molecule has 0 radical (unpaired) electrons. The van der Waals surface area contributed by atoms with Gasteiger partial charge in [0.25, 0.3) is 11.6 Å². The number of aromatic nitrogens is 3. The third-order valence-corrected chi connectivity index (χ3v) is 3.85. The van der Waals surface area contributed by atoms with Gasteiger partial charge in [0.2, 0.25) is 9.23 Å². The molecule has 0 aliphatic carbocycles. The Kier molecular flexibility index (Phi) is 50.2. The van der Waals surface area contributed by atoms with Crippen molar-refractivity contribution in [3.8, 4) is 0 Å². The molecular formula is C24H31Cl4F5N6O8S. The van der Waals surface area contributed by atoms with E-state index in [1.807, 2.05) is 0 Å². The summed E-state index contributed by atoms with van der Waals surface area (Å²) < 4.78 is 50.0. The second-order valence-electron chi connectivity index (χ2n) is 6.25. The molecule has 0 fully saturated rings. The van der Waals surface area contributed by atoms with Gasteiger partial charge < -0.3 is 35.1 Å². The van der Waals surface area contributed by atoms with Gasteiger partial charge in [0.15, 0.2) is 0 Å². The third-order valence-electron chi connectivity index (χ3n) is 3.85. The highest BCUT2D eigenvalue weighted by Crippen LogP contribution is 2.09. The number of aromatic carboxylic acids is 1. The summed E-state index contributed by atoms with van der Waals surface area (Å²) in [4.78, 5) is 49.4. The number of hydrogen-bond donors (Lipinski definition) is 3. The largest absolute Gasteiger partial charge is 0.478 e. The molecule has 0 atom stereocenters. The molecule has 3 heterocycles. The fraction of sp³-hybridized carbons (Fsp3) is 0.167. The van der Waals surface area contributed by atoms with Crippen LogP contribution in [-0.4, -0.2) is 68.6 Å². The maximum absolute atomic E-state index is 10.9. The van der Waals surface area contributed by atoms with Gasteiger partial charge in [0, 0.05) is 62.4 Å². The first kappa shape index (κ1) is 59.2. The molecular weight excluding hydrogens is 769 g/mol. The maximum atomic E-state index is 10.9. The highest BCUT2D eigenvalue weighted by molar-refractivity contribution is 8.26. The van der Waals surface area contributed by atoms with Crippen molar-refractivity contribution in [2.75, 3.05) is 21.3 Å². The Labute approximate surface area is 297 Å². The summed E-state index contributed by atoms with van der Waals surface area (Å²) in [6.45, 7) is 13.5. The minimum Gasteiger partial charge on any atom is -0.478 e. The zero-order valence-electron chi connectivity index (χ0n) is 24.5. The van der Waals surface area contributed by atoms with Crippen molar-refractivity contribution in [1.82, 2.24) is 15.0 Å². The van der Waals surface area contributed by atoms with Crippen molar-refractivity contribution in [2.24, 2.45) is 5.73 Å². The summed E-state index contributed by atoms with van der Waals surface area (Å²) in [6, 6.07) is 9.04. The Balaban J connectivity index is -0.0000000610. The number of nitrogens with zero attached hydrogens (tertiary/aromatic N) is 5. The molecule has 0 bridgehead atoms. The molecule has 0 saturated heterocycles. The van der Waals surface area contributed by atoms with Crippen molar-refractivity contribution < 1.29 is 64.1 Å². The Bertz CT molecular complexity index is 1370. The average Bonchev–Trinajstić information content (AvgIpc) is 3.10. The number of carbonyl (C=O) groups excluding carboxylic acids is 2. The van der Waals surface area contributed by atoms with E-state index in [1.165, 1.54) is 50.9 Å². The quantitative estimate of drug-likeness (QED) is 0.107. The Morgan fingerprint density at radius 2 is 1.15 bits per heavy atom. The number of esters is 2. The molecule has 274 valence electrons. The molecule has 0 aromatic carbocycles. The van der Waals surface area contributed by atoms with Crippen molar-refractivity contribution in [3.63, 3.8) is 0 Å². The first-order chi connectivity index (χ1) is 21.5. The van der Waals surface area contributed by atoms with E-state index in [1.54, 1.807) is 12.1 Å². The number of methoxy groups -OCH3 is 2. The van der Waals surface area contributed by atoms with E-state index in [9.17, 15) is 14.4 Å². The van der Waals surface area contributed by atoms with E-state index < -0.39 is 21.2 Å². The number of hydrogen-bond acceptors (Lipinski definition) is 11. The molecule has 0 aliphatic rings. The molecule has 0 saturated carbocycles. The van der Waals surface area contributed by atoms with Gasteiger partial charge in [-0.2, -0.15) is 0 Å². The van der Waals surface area contributed by atoms with E-state index in [4.69, 9.17) is 51.6 Å². The van der Waals surface area contributed by atoms with Gasteiger partial charge in [-0.3, -0.25) is 9.69 Å². The lowest BCUT2D eigenvalue weighted by atomic mass is 10.2. The van der Waals surface area contributed by atoms with Crippen molar-refractivity contribution in [1.29, 1.82) is 0 Å². The molecule has 48 heavy (non-hydrogen) atoms. The molecule has 24 heteroatoms. The summed E-state index contributed by atoms with van der Waals surface area (Å²) in [6.07, 6.45) is 3.93. The Morgan fingerprint density at radius 1 is 0.833 bits per heavy atom. The first-order valence-electron chi connectivity index (χ1n) is 10.7. The minimum absolute atomic E-state index is 0. The molecule has 0 aliphatic heterocycles. The van der Waals surface area contributed by atoms with Crippen LogP contribution in [0.5, 0.6) is 0 Å². The van der Waals surface area contributed by atoms with Crippen LogP contribution in [0.25, 0.3) is 9.69 Å². The minimum atomic E-state index is -1.67. The standard InChI is InChI=1S/C8H6N2O2.C8H10N2O2.C7H4N2O2.CH4O.Cl2OS.2ClH.2F2.FH.2H2/c1-9-7-4-3-6(5-10-7)8(11)12-2;1-12-8(11)6-2-3-7(4-9)10-5-6;1-8-6-3-2-5(4-9-6)7(10)11;1-2;1-4(2)3;;;2*1-2;;;/h3-5H,2H3;2-3,5H,4,9H2,1H3;2-4H,(H,10,11);2H,1H3;;2*1H;;;3*1H/i;;;;;;;;;;1+1;. The number of rotatable bonds is 4. The van der Waals surface area contributed by atoms with Crippen LogP contribution in [-0.2, 0) is 25.2 Å². The Hall–Kier alpha value is -4.28. The topological polar surface area (TPSA) is 201 Å². The number of pyridine rings is 3. The number of ether oxygens (including phenoxy) is 2. The predicted molar refractivity (Wildman–Crippen MR) is 176 cm³/mol. The zero-order chi connectivity index (χ0) is 35.8. The number of aliphatic hydroxyl groups excluding tert-OH is 1. The number of carboxylic acid groups (broad SMARTS) is 1. The third kappa shape index (κ3) is 30.4. The van der Waals surface area contributed by atoms with Gasteiger partial charge in [-0.25, -0.2) is 18.6 Å². The second kappa shape index (κ2) is 40.7. The average molecular weight is 801 g/mol. The van der Waals surface area contributed by atoms with Crippen LogP contribution in [0.3, 0.4) is 0 Å². The van der Waals surface area contributed by atoms with Crippen molar-refractivity contribution in [2.45, 2.75) is 6.54 Å².